The Kier molecular flexibility index (Phi) is 6.91. The van der Waals surface area contributed by atoms with Crippen LogP contribution in [0, 0.1) is 5.92 Å². The summed E-state index contributed by atoms with van der Waals surface area (Å²) in [5.41, 5.74) is 3.35. The summed E-state index contributed by atoms with van der Waals surface area (Å²) in [6.07, 6.45) is 2.72. The molecule has 0 saturated heterocycles. The molecule has 2 amide bonds. The van der Waals surface area contributed by atoms with Crippen LogP contribution in [0.1, 0.15) is 41.4 Å². The maximum Gasteiger partial charge on any atom is 0.276 e. The summed E-state index contributed by atoms with van der Waals surface area (Å²) in [7, 11) is 3.18. The molecule has 0 spiro atoms. The van der Waals surface area contributed by atoms with Crippen LogP contribution < -0.4 is 14.8 Å². The molecule has 176 valence electrons. The van der Waals surface area contributed by atoms with Crippen LogP contribution in [0.2, 0.25) is 0 Å². The van der Waals surface area contributed by atoms with Gasteiger partial charge in [-0.25, -0.2) is 5.01 Å². The second kappa shape index (κ2) is 10.2. The van der Waals surface area contributed by atoms with Crippen LogP contribution in [0.15, 0.2) is 59.8 Å². The Morgan fingerprint density at radius 2 is 1.94 bits per heavy atom. The molecule has 3 aromatic rings. The molecular formula is C25H27N5O4. The molecule has 0 fully saturated rings. The van der Waals surface area contributed by atoms with Crippen LogP contribution in [0.5, 0.6) is 11.5 Å². The fraction of sp³-hybridized carbons (Fsp3) is 0.280. The molecule has 2 N–H and O–H groups in total. The SMILES string of the molecule is CCC1CC(=O)N(Cc2ccccc2NC(=O)c2cc[nH]n2)N=C1c1ccc(OC)c(OC)c1. The maximum absolute atomic E-state index is 13.0. The average molecular weight is 462 g/mol. The molecule has 4 rings (SSSR count). The molecule has 0 saturated carbocycles. The number of para-hydroxylation sites is 1. The standard InChI is InChI=1S/C25H27N5O4/c1-4-16-14-23(31)30(29-24(16)17-9-10-21(33-2)22(13-17)34-3)15-18-7-5-6-8-19(18)27-25(32)20-11-12-26-28-20/h5-13,16H,4,14-15H2,1-3H3,(H,26,28)(H,27,32). The largest absolute Gasteiger partial charge is 0.493 e. The minimum absolute atomic E-state index is 0.00328. The quantitative estimate of drug-likeness (QED) is 0.530. The molecule has 1 aliphatic rings. The highest BCUT2D eigenvalue weighted by atomic mass is 16.5. The first-order valence-corrected chi connectivity index (χ1v) is 11.0. The number of ether oxygens (including phenoxy) is 2. The first kappa shape index (κ1) is 23.0. The van der Waals surface area contributed by atoms with E-state index >= 15 is 0 Å². The van der Waals surface area contributed by atoms with E-state index in [1.54, 1.807) is 32.5 Å². The smallest absolute Gasteiger partial charge is 0.276 e. The van der Waals surface area contributed by atoms with E-state index in [0.29, 0.717) is 23.6 Å². The Balaban J connectivity index is 1.63. The Morgan fingerprint density at radius 1 is 1.15 bits per heavy atom. The van der Waals surface area contributed by atoms with Gasteiger partial charge in [0.2, 0.25) is 5.91 Å². The monoisotopic (exact) mass is 461 g/mol. The van der Waals surface area contributed by atoms with Crippen molar-refractivity contribution < 1.29 is 19.1 Å². The molecule has 9 nitrogen and oxygen atoms in total. The van der Waals surface area contributed by atoms with Crippen molar-refractivity contribution in [1.29, 1.82) is 0 Å². The average Bonchev–Trinajstić information content (AvgIpc) is 3.41. The van der Waals surface area contributed by atoms with E-state index in [4.69, 9.17) is 14.6 Å². The lowest BCUT2D eigenvalue weighted by Crippen LogP contribution is -2.37. The van der Waals surface area contributed by atoms with Gasteiger partial charge in [0, 0.05) is 29.8 Å². The number of H-pyrrole nitrogens is 1. The van der Waals surface area contributed by atoms with Gasteiger partial charge in [-0.1, -0.05) is 25.1 Å². The van der Waals surface area contributed by atoms with Gasteiger partial charge >= 0.3 is 0 Å². The molecule has 0 aliphatic carbocycles. The Bertz CT molecular complexity index is 1210. The highest BCUT2D eigenvalue weighted by molar-refractivity contribution is 6.06. The molecule has 0 bridgehead atoms. The number of hydrogen-bond acceptors (Lipinski definition) is 6. The van der Waals surface area contributed by atoms with Gasteiger partial charge in [-0.3, -0.25) is 14.7 Å². The maximum atomic E-state index is 13.0. The molecule has 1 atom stereocenters. The number of nitrogens with zero attached hydrogens (tertiary/aromatic N) is 3. The van der Waals surface area contributed by atoms with Crippen molar-refractivity contribution in [3.63, 3.8) is 0 Å². The third kappa shape index (κ3) is 4.78. The lowest BCUT2D eigenvalue weighted by Gasteiger charge is -2.30. The molecule has 2 heterocycles. The van der Waals surface area contributed by atoms with E-state index in [2.05, 4.69) is 15.5 Å². The minimum Gasteiger partial charge on any atom is -0.493 e. The zero-order chi connectivity index (χ0) is 24.1. The molecule has 2 aromatic carbocycles. The summed E-state index contributed by atoms with van der Waals surface area (Å²) in [4.78, 5) is 25.5. The number of hydrogen-bond donors (Lipinski definition) is 2. The van der Waals surface area contributed by atoms with Crippen molar-refractivity contribution in [1.82, 2.24) is 15.2 Å². The first-order chi connectivity index (χ1) is 16.5. The summed E-state index contributed by atoms with van der Waals surface area (Å²) < 4.78 is 10.8. The van der Waals surface area contributed by atoms with E-state index in [1.807, 2.05) is 43.3 Å². The number of nitrogens with one attached hydrogen (secondary N) is 2. The zero-order valence-electron chi connectivity index (χ0n) is 19.4. The molecule has 9 heteroatoms. The number of carbonyl (C=O) groups is 2. The van der Waals surface area contributed by atoms with Crippen LogP contribution in [0.3, 0.4) is 0 Å². The van der Waals surface area contributed by atoms with Crippen molar-refractivity contribution in [3.05, 3.63) is 71.5 Å². The predicted molar refractivity (Wildman–Crippen MR) is 128 cm³/mol. The number of aromatic amines is 1. The normalized spacial score (nSPS) is 15.6. The van der Waals surface area contributed by atoms with Crippen molar-refractivity contribution in [2.45, 2.75) is 26.3 Å². The third-order valence-electron chi connectivity index (χ3n) is 5.82. The predicted octanol–water partition coefficient (Wildman–Crippen LogP) is 3.84. The van der Waals surface area contributed by atoms with Gasteiger partial charge in [0.25, 0.3) is 5.91 Å². The van der Waals surface area contributed by atoms with Crippen LogP contribution in [-0.4, -0.2) is 47.0 Å². The second-order valence-electron chi connectivity index (χ2n) is 7.89. The van der Waals surface area contributed by atoms with Crippen LogP contribution in [0.4, 0.5) is 5.69 Å². The molecule has 1 aromatic heterocycles. The number of rotatable bonds is 8. The lowest BCUT2D eigenvalue weighted by atomic mass is 9.89. The van der Waals surface area contributed by atoms with Crippen molar-refractivity contribution in [3.8, 4) is 11.5 Å². The molecule has 1 unspecified atom stereocenters. The summed E-state index contributed by atoms with van der Waals surface area (Å²) in [5.74, 6) is 0.831. The van der Waals surface area contributed by atoms with E-state index < -0.39 is 0 Å². The zero-order valence-corrected chi connectivity index (χ0v) is 19.4. The molecule has 34 heavy (non-hydrogen) atoms. The highest BCUT2D eigenvalue weighted by Crippen LogP contribution is 2.32. The number of anilines is 1. The molecular weight excluding hydrogens is 434 g/mol. The topological polar surface area (TPSA) is 109 Å². The lowest BCUT2D eigenvalue weighted by molar-refractivity contribution is -0.133. The van der Waals surface area contributed by atoms with Crippen molar-refractivity contribution in [2.24, 2.45) is 11.0 Å². The Hall–Kier alpha value is -4.14. The van der Waals surface area contributed by atoms with Gasteiger partial charge in [-0.15, -0.1) is 0 Å². The fourth-order valence-corrected chi connectivity index (χ4v) is 3.95. The number of hydrazone groups is 1. The third-order valence-corrected chi connectivity index (χ3v) is 5.82. The first-order valence-electron chi connectivity index (χ1n) is 11.0. The van der Waals surface area contributed by atoms with Crippen molar-refractivity contribution >= 4 is 23.2 Å². The van der Waals surface area contributed by atoms with Gasteiger partial charge in [0.1, 0.15) is 5.69 Å². The number of carbonyl (C=O) groups excluding carboxylic acids is 2. The van der Waals surface area contributed by atoms with Crippen molar-refractivity contribution in [2.75, 3.05) is 19.5 Å². The van der Waals surface area contributed by atoms with E-state index in [9.17, 15) is 9.59 Å². The Morgan fingerprint density at radius 3 is 2.65 bits per heavy atom. The van der Waals surface area contributed by atoms with Crippen LogP contribution in [-0.2, 0) is 11.3 Å². The van der Waals surface area contributed by atoms with E-state index in [0.717, 1.165) is 23.3 Å². The van der Waals surface area contributed by atoms with Gasteiger partial charge in [-0.05, 0) is 42.3 Å². The minimum atomic E-state index is -0.334. The number of methoxy groups -OCH3 is 2. The number of aromatic nitrogens is 2. The van der Waals surface area contributed by atoms with Gasteiger partial charge < -0.3 is 14.8 Å². The summed E-state index contributed by atoms with van der Waals surface area (Å²) in [6.45, 7) is 2.27. The van der Waals surface area contributed by atoms with E-state index in [1.165, 1.54) is 5.01 Å². The molecule has 1 aliphatic heterocycles. The Labute approximate surface area is 197 Å². The van der Waals surface area contributed by atoms with Gasteiger partial charge in [-0.2, -0.15) is 10.2 Å². The fourth-order valence-electron chi connectivity index (χ4n) is 3.95. The van der Waals surface area contributed by atoms with Crippen LogP contribution >= 0.6 is 0 Å². The summed E-state index contributed by atoms with van der Waals surface area (Å²) in [5, 5.41) is 15.6. The second-order valence-corrected chi connectivity index (χ2v) is 7.89. The van der Waals surface area contributed by atoms with Crippen LogP contribution in [0.25, 0.3) is 0 Å². The number of amides is 2. The number of benzene rings is 2. The molecule has 0 radical (unpaired) electrons. The summed E-state index contributed by atoms with van der Waals surface area (Å²) in [6, 6.07) is 14.6. The van der Waals surface area contributed by atoms with E-state index in [-0.39, 0.29) is 30.0 Å². The van der Waals surface area contributed by atoms with Gasteiger partial charge in [0.15, 0.2) is 11.5 Å². The van der Waals surface area contributed by atoms with Gasteiger partial charge in [0.05, 0.1) is 26.5 Å². The highest BCUT2D eigenvalue weighted by Gasteiger charge is 2.30. The summed E-state index contributed by atoms with van der Waals surface area (Å²) >= 11 is 0.